The van der Waals surface area contributed by atoms with Crippen molar-refractivity contribution in [2.75, 3.05) is 0 Å². The molecule has 0 aliphatic rings. The van der Waals surface area contributed by atoms with E-state index in [2.05, 4.69) is 25.7 Å². The molecule has 0 aliphatic heterocycles. The number of pyridine rings is 2. The lowest BCUT2D eigenvalue weighted by Crippen LogP contribution is -2.34. The van der Waals surface area contributed by atoms with Crippen molar-refractivity contribution in [2.45, 2.75) is 26.9 Å². The summed E-state index contributed by atoms with van der Waals surface area (Å²) in [4.78, 5) is 20.3. The lowest BCUT2D eigenvalue weighted by molar-refractivity contribution is 0.240. The average molecular weight is 336 g/mol. The van der Waals surface area contributed by atoms with Crippen molar-refractivity contribution in [3.8, 4) is 5.82 Å². The van der Waals surface area contributed by atoms with Gasteiger partial charge in [0.2, 0.25) is 0 Å². The van der Waals surface area contributed by atoms with E-state index in [-0.39, 0.29) is 6.03 Å². The van der Waals surface area contributed by atoms with Crippen LogP contribution in [0.2, 0.25) is 0 Å². The maximum Gasteiger partial charge on any atom is 0.315 e. The fraction of sp³-hybridized carbons (Fsp3) is 0.222. The van der Waals surface area contributed by atoms with E-state index in [0.29, 0.717) is 13.1 Å². The molecule has 128 valence electrons. The number of urea groups is 1. The second-order valence-electron chi connectivity index (χ2n) is 5.76. The van der Waals surface area contributed by atoms with Crippen LogP contribution in [0, 0.1) is 13.8 Å². The number of nitrogens with one attached hydrogen (secondary N) is 2. The summed E-state index contributed by atoms with van der Waals surface area (Å²) in [6, 6.07) is 9.35. The topological polar surface area (TPSA) is 84.7 Å². The molecule has 2 N–H and O–H groups in total. The molecule has 3 aromatic heterocycles. The Balaban J connectivity index is 1.51. The van der Waals surface area contributed by atoms with E-state index in [1.807, 2.05) is 44.2 Å². The van der Waals surface area contributed by atoms with Crippen molar-refractivity contribution in [2.24, 2.45) is 0 Å². The van der Waals surface area contributed by atoms with Gasteiger partial charge in [-0.15, -0.1) is 0 Å². The zero-order chi connectivity index (χ0) is 17.6. The van der Waals surface area contributed by atoms with E-state index in [1.165, 1.54) is 0 Å². The molecule has 0 saturated carbocycles. The lowest BCUT2D eigenvalue weighted by Gasteiger charge is -2.08. The molecule has 0 radical (unpaired) electrons. The van der Waals surface area contributed by atoms with E-state index in [9.17, 15) is 4.79 Å². The van der Waals surface area contributed by atoms with Gasteiger partial charge in [0.15, 0.2) is 5.82 Å². The highest BCUT2D eigenvalue weighted by Gasteiger charge is 2.06. The molecule has 7 nitrogen and oxygen atoms in total. The van der Waals surface area contributed by atoms with Gasteiger partial charge in [-0.1, -0.05) is 12.1 Å². The molecule has 3 aromatic rings. The molecule has 0 saturated heterocycles. The van der Waals surface area contributed by atoms with Crippen molar-refractivity contribution in [1.82, 2.24) is 30.4 Å². The zero-order valence-electron chi connectivity index (χ0n) is 14.2. The van der Waals surface area contributed by atoms with Gasteiger partial charge in [0.1, 0.15) is 0 Å². The molecule has 0 atom stereocenters. The first-order valence-corrected chi connectivity index (χ1v) is 8.01. The normalized spacial score (nSPS) is 10.5. The van der Waals surface area contributed by atoms with Crippen LogP contribution in [0.4, 0.5) is 4.79 Å². The van der Waals surface area contributed by atoms with Gasteiger partial charge in [-0.3, -0.25) is 4.98 Å². The average Bonchev–Trinajstić information content (AvgIpc) is 2.98. The van der Waals surface area contributed by atoms with Gasteiger partial charge in [0.05, 0.1) is 5.69 Å². The number of rotatable bonds is 5. The highest BCUT2D eigenvalue weighted by atomic mass is 16.2. The fourth-order valence-electron chi connectivity index (χ4n) is 2.44. The van der Waals surface area contributed by atoms with Gasteiger partial charge in [-0.25, -0.2) is 14.5 Å². The van der Waals surface area contributed by atoms with E-state index in [0.717, 1.165) is 28.3 Å². The summed E-state index contributed by atoms with van der Waals surface area (Å²) in [5.74, 6) is 0.760. The first kappa shape index (κ1) is 16.6. The molecule has 3 rings (SSSR count). The van der Waals surface area contributed by atoms with Crippen LogP contribution in [0.1, 0.15) is 22.5 Å². The third-order valence-electron chi connectivity index (χ3n) is 3.66. The number of hydrogen-bond acceptors (Lipinski definition) is 4. The summed E-state index contributed by atoms with van der Waals surface area (Å²) < 4.78 is 1.80. The van der Waals surface area contributed by atoms with E-state index < -0.39 is 0 Å². The van der Waals surface area contributed by atoms with Gasteiger partial charge >= 0.3 is 6.03 Å². The zero-order valence-corrected chi connectivity index (χ0v) is 14.2. The number of amides is 2. The van der Waals surface area contributed by atoms with Crippen molar-refractivity contribution in [3.05, 3.63) is 71.4 Å². The minimum absolute atomic E-state index is 0.230. The molecule has 0 fully saturated rings. The number of aryl methyl sites for hydroxylation is 2. The monoisotopic (exact) mass is 336 g/mol. The Morgan fingerprint density at radius 3 is 2.40 bits per heavy atom. The van der Waals surface area contributed by atoms with Crippen molar-refractivity contribution in [3.63, 3.8) is 0 Å². The summed E-state index contributed by atoms with van der Waals surface area (Å²) in [6.45, 7) is 4.79. The van der Waals surface area contributed by atoms with Crippen molar-refractivity contribution >= 4 is 6.03 Å². The fourth-order valence-corrected chi connectivity index (χ4v) is 2.44. The molecule has 0 aliphatic carbocycles. The molecule has 2 amide bonds. The third-order valence-corrected chi connectivity index (χ3v) is 3.66. The van der Waals surface area contributed by atoms with Gasteiger partial charge in [0, 0.05) is 37.4 Å². The van der Waals surface area contributed by atoms with Crippen LogP contribution in [0.5, 0.6) is 0 Å². The summed E-state index contributed by atoms with van der Waals surface area (Å²) in [6.07, 6.45) is 5.17. The van der Waals surface area contributed by atoms with Crippen LogP contribution < -0.4 is 10.6 Å². The van der Waals surface area contributed by atoms with Gasteiger partial charge < -0.3 is 10.6 Å². The first-order chi connectivity index (χ1) is 12.1. The SMILES string of the molecule is Cc1cc(C)n(-c2ccc(CNC(=O)NCc3cccnc3)cn2)n1. The van der Waals surface area contributed by atoms with Gasteiger partial charge in [-0.2, -0.15) is 5.10 Å². The van der Waals surface area contributed by atoms with E-state index >= 15 is 0 Å². The smallest absolute Gasteiger partial charge is 0.315 e. The second-order valence-corrected chi connectivity index (χ2v) is 5.76. The third kappa shape index (κ3) is 4.41. The molecule has 0 unspecified atom stereocenters. The van der Waals surface area contributed by atoms with Crippen molar-refractivity contribution < 1.29 is 4.79 Å². The van der Waals surface area contributed by atoms with Crippen LogP contribution in [0.15, 0.2) is 48.9 Å². The molecular weight excluding hydrogens is 316 g/mol. The Hall–Kier alpha value is -3.22. The Morgan fingerprint density at radius 1 is 1.08 bits per heavy atom. The Morgan fingerprint density at radius 2 is 1.84 bits per heavy atom. The Labute approximate surface area is 146 Å². The number of nitrogens with zero attached hydrogens (tertiary/aromatic N) is 4. The minimum Gasteiger partial charge on any atom is -0.334 e. The maximum atomic E-state index is 11.8. The first-order valence-electron chi connectivity index (χ1n) is 8.01. The van der Waals surface area contributed by atoms with E-state index in [4.69, 9.17) is 0 Å². The molecule has 7 heteroatoms. The largest absolute Gasteiger partial charge is 0.334 e. The Kier molecular flexibility index (Phi) is 5.03. The molecule has 0 bridgehead atoms. The summed E-state index contributed by atoms with van der Waals surface area (Å²) in [5.41, 5.74) is 3.86. The quantitative estimate of drug-likeness (QED) is 0.748. The van der Waals surface area contributed by atoms with Crippen molar-refractivity contribution in [1.29, 1.82) is 0 Å². The molecule has 0 spiro atoms. The van der Waals surface area contributed by atoms with Crippen LogP contribution in [-0.2, 0) is 13.1 Å². The minimum atomic E-state index is -0.230. The van der Waals surface area contributed by atoms with Gasteiger partial charge in [0.25, 0.3) is 0 Å². The Bertz CT molecular complexity index is 842. The number of carbonyl (C=O) groups is 1. The molecule has 0 aromatic carbocycles. The predicted molar refractivity (Wildman–Crippen MR) is 94.1 cm³/mol. The molecule has 3 heterocycles. The summed E-state index contributed by atoms with van der Waals surface area (Å²) in [5, 5.41) is 10.0. The van der Waals surface area contributed by atoms with Gasteiger partial charge in [-0.05, 0) is 43.2 Å². The number of hydrogen-bond donors (Lipinski definition) is 2. The highest BCUT2D eigenvalue weighted by Crippen LogP contribution is 2.10. The molecule has 25 heavy (non-hydrogen) atoms. The maximum absolute atomic E-state index is 11.8. The number of carbonyl (C=O) groups excluding carboxylic acids is 1. The van der Waals surface area contributed by atoms with Crippen LogP contribution in [0.25, 0.3) is 5.82 Å². The van der Waals surface area contributed by atoms with Crippen LogP contribution >= 0.6 is 0 Å². The standard InChI is InChI=1S/C18H20N6O/c1-13-8-14(2)24(23-13)17-6-5-16(10-20-17)12-22-18(25)21-11-15-4-3-7-19-9-15/h3-10H,11-12H2,1-2H3,(H2,21,22,25). The highest BCUT2D eigenvalue weighted by molar-refractivity contribution is 5.73. The number of aromatic nitrogens is 4. The summed E-state index contributed by atoms with van der Waals surface area (Å²) in [7, 11) is 0. The van der Waals surface area contributed by atoms with E-state index in [1.54, 1.807) is 23.3 Å². The lowest BCUT2D eigenvalue weighted by atomic mass is 10.3. The second kappa shape index (κ2) is 7.57. The van der Waals surface area contributed by atoms with Crippen LogP contribution in [0.3, 0.4) is 0 Å². The van der Waals surface area contributed by atoms with Crippen LogP contribution in [-0.4, -0.2) is 25.8 Å². The summed E-state index contributed by atoms with van der Waals surface area (Å²) >= 11 is 0. The molecular formula is C18H20N6O. The predicted octanol–water partition coefficient (Wildman–Crippen LogP) is 2.28.